The molecule has 3 heterocycles. The smallest absolute Gasteiger partial charge is 0.186 e. The maximum atomic E-state index is 13.4. The standard InChI is InChI=1S/3C15H16FN5O4S.CH3FS/c3*1-15(2,23)11(22)7-26-14-12(20-25-21-14)13(19-24)18-9-3-4-10(16)8(5-9)6-17;1-3-2/h3*3-5,11,22-24H,7H2,1-2H3,(H,18,19);1H3/t2*11-;;/m10../s1. The number of aliphatic hydroxyl groups is 6. The first-order valence-corrected chi connectivity index (χ1v) is 26.6. The lowest BCUT2D eigenvalue weighted by Gasteiger charge is -2.23. The minimum atomic E-state index is -1.31. The Balaban J connectivity index is 0.000000311. The van der Waals surface area contributed by atoms with Gasteiger partial charge in [0.2, 0.25) is 0 Å². The predicted molar refractivity (Wildman–Crippen MR) is 283 cm³/mol. The lowest BCUT2D eigenvalue weighted by atomic mass is 10.0. The van der Waals surface area contributed by atoms with Gasteiger partial charge in [-0.15, -0.1) is 0 Å². The molecule has 0 fully saturated rings. The van der Waals surface area contributed by atoms with E-state index in [0.717, 1.165) is 53.5 Å². The van der Waals surface area contributed by atoms with Gasteiger partial charge < -0.3 is 30.6 Å². The molecule has 434 valence electrons. The highest BCUT2D eigenvalue weighted by Gasteiger charge is 2.29. The highest BCUT2D eigenvalue weighted by molar-refractivity contribution is 7.99. The highest BCUT2D eigenvalue weighted by atomic mass is 32.2. The summed E-state index contributed by atoms with van der Waals surface area (Å²) in [6.07, 6.45) is -1.76. The number of aliphatic imine (C=N–C) groups is 3. The van der Waals surface area contributed by atoms with Crippen LogP contribution in [-0.2, 0) is 0 Å². The van der Waals surface area contributed by atoms with Gasteiger partial charge in [-0.3, -0.25) is 32.1 Å². The average Bonchev–Trinajstić information content (AvgIpc) is 4.22. The van der Waals surface area contributed by atoms with Crippen LogP contribution in [-0.4, -0.2) is 153 Å². The van der Waals surface area contributed by atoms with E-state index in [2.05, 4.69) is 59.8 Å². The molecule has 6 rings (SSSR count). The molecule has 35 heteroatoms. The molecule has 1 unspecified atom stereocenters. The summed E-state index contributed by atoms with van der Waals surface area (Å²) in [5, 5.41) is 136. The maximum Gasteiger partial charge on any atom is 0.186 e. The molecule has 0 saturated carbocycles. The number of nitrogens with one attached hydrogen (secondary N) is 3. The van der Waals surface area contributed by atoms with E-state index in [4.69, 9.17) is 15.8 Å². The minimum absolute atomic E-state index is 0.0447. The molecule has 12 N–H and O–H groups in total. The summed E-state index contributed by atoms with van der Waals surface area (Å²) in [5.41, 5.74) is 1.72. The minimum Gasteiger partial charge on any atom is -0.389 e. The molecule has 0 bridgehead atoms. The SMILES string of the molecule is CC(C)(O)C(O)CSc1nonc1C(=Nc1ccc(F)c(C#N)c1)NO.CC(C)(O)[C@@H](O)CSc1nonc1C(=Nc1ccc(F)c(C#N)c1)NO.CC(C)(O)[C@H](O)CSc1nonc1C(=Nc1ccc(F)c(C#N)c1)NO.CSF. The van der Waals surface area contributed by atoms with Crippen molar-refractivity contribution >= 4 is 82.0 Å². The summed E-state index contributed by atoms with van der Waals surface area (Å²) < 4.78 is 64.3. The number of nitrogens with zero attached hydrogens (tertiary/aromatic N) is 12. The number of hydroxylamine groups is 3. The average molecular weight is 1210 g/mol. The van der Waals surface area contributed by atoms with Crippen LogP contribution < -0.4 is 16.4 Å². The molecule has 3 atom stereocenters. The number of aromatic nitrogens is 6. The molecule has 0 spiro atoms. The van der Waals surface area contributed by atoms with E-state index in [1.54, 1.807) is 18.2 Å². The lowest BCUT2D eigenvalue weighted by Crippen LogP contribution is -2.37. The van der Waals surface area contributed by atoms with Crippen LogP contribution in [0.2, 0.25) is 0 Å². The van der Waals surface area contributed by atoms with Crippen molar-refractivity contribution in [2.75, 3.05) is 23.5 Å². The molecule has 3 aromatic heterocycles. The fourth-order valence-electron chi connectivity index (χ4n) is 5.13. The molecule has 0 aliphatic carbocycles. The van der Waals surface area contributed by atoms with Gasteiger partial charge in [-0.1, -0.05) is 35.3 Å². The molecule has 0 aliphatic rings. The van der Waals surface area contributed by atoms with E-state index in [-0.39, 0.29) is 113 Å². The summed E-state index contributed by atoms with van der Waals surface area (Å²) in [6, 6.07) is 15.8. The van der Waals surface area contributed by atoms with Gasteiger partial charge in [0.05, 0.1) is 68.9 Å². The van der Waals surface area contributed by atoms with Gasteiger partial charge in [0.15, 0.2) is 49.7 Å². The number of hydrogen-bond donors (Lipinski definition) is 12. The van der Waals surface area contributed by atoms with E-state index in [9.17, 15) is 63.3 Å². The fraction of sp³-hybridized carbons (Fsp3) is 0.348. The van der Waals surface area contributed by atoms with Gasteiger partial charge in [-0.25, -0.2) is 42.0 Å². The first-order chi connectivity index (χ1) is 38.2. The maximum absolute atomic E-state index is 13.4. The van der Waals surface area contributed by atoms with E-state index < -0.39 is 52.6 Å². The van der Waals surface area contributed by atoms with Crippen molar-refractivity contribution in [3.05, 3.63) is 106 Å². The molecule has 6 aromatic rings. The Morgan fingerprint density at radius 1 is 0.519 bits per heavy atom. The van der Waals surface area contributed by atoms with Crippen LogP contribution in [0.4, 0.5) is 34.1 Å². The van der Waals surface area contributed by atoms with Crippen molar-refractivity contribution < 1.29 is 77.2 Å². The topological polar surface area (TPSA) is 443 Å². The molecule has 3 aromatic carbocycles. The molecular weight excluding hydrogens is 1160 g/mol. The highest BCUT2D eigenvalue weighted by Crippen LogP contribution is 2.28. The Bertz CT molecular complexity index is 2890. The van der Waals surface area contributed by atoms with E-state index in [1.807, 2.05) is 16.4 Å². The predicted octanol–water partition coefficient (Wildman–Crippen LogP) is 5.32. The third-order valence-electron chi connectivity index (χ3n) is 9.88. The third-order valence-corrected chi connectivity index (χ3v) is 13.0. The largest absolute Gasteiger partial charge is 0.389 e. The summed E-state index contributed by atoms with van der Waals surface area (Å²) in [4.78, 5) is 12.2. The van der Waals surface area contributed by atoms with E-state index >= 15 is 0 Å². The van der Waals surface area contributed by atoms with Crippen LogP contribution in [0.1, 0.15) is 75.3 Å². The van der Waals surface area contributed by atoms with E-state index in [1.165, 1.54) is 84.2 Å². The molecule has 27 nitrogen and oxygen atoms in total. The zero-order chi connectivity index (χ0) is 60.7. The number of halogens is 4. The van der Waals surface area contributed by atoms with Gasteiger partial charge in [-0.2, -0.15) is 19.7 Å². The fourth-order valence-corrected chi connectivity index (χ4v) is 8.37. The first kappa shape index (κ1) is 68.0. The number of amidine groups is 3. The number of rotatable bonds is 18. The Morgan fingerprint density at radius 3 is 0.951 bits per heavy atom. The van der Waals surface area contributed by atoms with Gasteiger partial charge >= 0.3 is 0 Å². The second-order valence-corrected chi connectivity index (χ2v) is 20.7. The Labute approximate surface area is 474 Å². The molecule has 0 radical (unpaired) electrons. The first-order valence-electron chi connectivity index (χ1n) is 22.5. The van der Waals surface area contributed by atoms with Crippen LogP contribution in [0.5, 0.6) is 0 Å². The molecule has 81 heavy (non-hydrogen) atoms. The van der Waals surface area contributed by atoms with Crippen LogP contribution in [0.25, 0.3) is 0 Å². The second kappa shape index (κ2) is 32.2. The van der Waals surface area contributed by atoms with Crippen LogP contribution >= 0.6 is 47.4 Å². The molecule has 0 amide bonds. The van der Waals surface area contributed by atoms with Gasteiger partial charge in [-0.05, 0) is 127 Å². The van der Waals surface area contributed by atoms with Crippen LogP contribution in [0, 0.1) is 51.4 Å². The van der Waals surface area contributed by atoms with Crippen LogP contribution in [0.15, 0.2) is 98.5 Å². The van der Waals surface area contributed by atoms with Crippen LogP contribution in [0.3, 0.4) is 0 Å². The summed E-state index contributed by atoms with van der Waals surface area (Å²) in [5.74, 6) is -2.28. The summed E-state index contributed by atoms with van der Waals surface area (Å²) in [7, 11) is 0. The number of aliphatic hydroxyl groups excluding tert-OH is 3. The Hall–Kier alpha value is -7.28. The number of thioether (sulfide) groups is 3. The second-order valence-electron chi connectivity index (χ2n) is 17.4. The molecule has 0 saturated heterocycles. The number of benzene rings is 3. The van der Waals surface area contributed by atoms with Crippen molar-refractivity contribution in [2.45, 2.75) is 91.7 Å². The van der Waals surface area contributed by atoms with Crippen molar-refractivity contribution in [3.63, 3.8) is 0 Å². The van der Waals surface area contributed by atoms with E-state index in [0.29, 0.717) is 0 Å². The zero-order valence-electron chi connectivity index (χ0n) is 43.3. The molecular formula is C46H51F4N15O12S4. The third kappa shape index (κ3) is 21.3. The van der Waals surface area contributed by atoms with Crippen molar-refractivity contribution in [1.82, 2.24) is 47.4 Å². The van der Waals surface area contributed by atoms with Crippen molar-refractivity contribution in [1.29, 1.82) is 15.8 Å². The normalized spacial score (nSPS) is 13.1. The van der Waals surface area contributed by atoms with Crippen molar-refractivity contribution in [3.8, 4) is 18.2 Å². The molecule has 0 aliphatic heterocycles. The zero-order valence-corrected chi connectivity index (χ0v) is 46.6. The van der Waals surface area contributed by atoms with Crippen molar-refractivity contribution in [2.24, 2.45) is 15.0 Å². The Morgan fingerprint density at radius 2 is 0.753 bits per heavy atom. The van der Waals surface area contributed by atoms with Gasteiger partial charge in [0.25, 0.3) is 0 Å². The Kier molecular flexibility index (Phi) is 27.1. The summed E-state index contributed by atoms with van der Waals surface area (Å²) in [6.45, 7) is 8.77. The monoisotopic (exact) mass is 1210 g/mol. The number of hydrogen-bond acceptors (Lipinski definition) is 28. The van der Waals surface area contributed by atoms with Gasteiger partial charge in [0, 0.05) is 35.7 Å². The summed E-state index contributed by atoms with van der Waals surface area (Å²) >= 11 is 3.34. The lowest BCUT2D eigenvalue weighted by molar-refractivity contribution is -0.0350. The quantitative estimate of drug-likeness (QED) is 0.0170. The number of nitriles is 3. The van der Waals surface area contributed by atoms with Gasteiger partial charge in [0.1, 0.15) is 35.7 Å².